The molecule has 12 heteroatoms. The molecular weight excluding hydrogens is 556 g/mol. The Morgan fingerprint density at radius 1 is 0.975 bits per heavy atom. The van der Waals surface area contributed by atoms with Gasteiger partial charge in [-0.3, -0.25) is 24.0 Å². The zero-order chi connectivity index (χ0) is 29.4. The minimum absolute atomic E-state index is 0.0397. The summed E-state index contributed by atoms with van der Waals surface area (Å²) in [7, 11) is -4.28. The Bertz CT molecular complexity index is 1450. The fourth-order valence-corrected chi connectivity index (χ4v) is 5.73. The number of nitrogens with zero attached hydrogens (tertiary/aromatic N) is 3. The van der Waals surface area contributed by atoms with Crippen LogP contribution in [-0.2, 0) is 26.2 Å². The van der Waals surface area contributed by atoms with Crippen LogP contribution in [0.5, 0.6) is 0 Å². The third-order valence-corrected chi connectivity index (χ3v) is 8.23. The van der Waals surface area contributed by atoms with E-state index >= 15 is 0 Å². The number of hydrogen-bond acceptors (Lipinski definition) is 6. The van der Waals surface area contributed by atoms with Crippen LogP contribution in [0.25, 0.3) is 0 Å². The monoisotopic (exact) mass is 586 g/mol. The molecule has 0 heterocycles. The Balaban J connectivity index is 2.08. The third-order valence-electron chi connectivity index (χ3n) is 6.07. The number of anilines is 1. The Hall–Kier alpha value is -3.96. The summed E-state index contributed by atoms with van der Waals surface area (Å²) >= 11 is 6.38. The summed E-state index contributed by atoms with van der Waals surface area (Å²) in [5, 5.41) is 14.4. The summed E-state index contributed by atoms with van der Waals surface area (Å²) in [5.74, 6) is -1.03. The summed E-state index contributed by atoms with van der Waals surface area (Å²) in [5.41, 5.74) is 0.408. The number of carbonyl (C=O) groups is 2. The zero-order valence-electron chi connectivity index (χ0n) is 22.4. The van der Waals surface area contributed by atoms with Gasteiger partial charge in [-0.2, -0.15) is 0 Å². The lowest BCUT2D eigenvalue weighted by Gasteiger charge is -2.33. The lowest BCUT2D eigenvalue weighted by molar-refractivity contribution is -0.384. The third kappa shape index (κ3) is 7.36. The predicted octanol–water partition coefficient (Wildman–Crippen LogP) is 4.78. The molecule has 1 unspecified atom stereocenters. The second-order valence-electron chi connectivity index (χ2n) is 9.30. The molecule has 0 aromatic heterocycles. The van der Waals surface area contributed by atoms with Gasteiger partial charge in [-0.25, -0.2) is 8.42 Å². The second kappa shape index (κ2) is 13.4. The molecule has 0 aliphatic rings. The summed E-state index contributed by atoms with van der Waals surface area (Å²) in [6.45, 7) is 4.65. The van der Waals surface area contributed by atoms with E-state index in [0.717, 1.165) is 4.31 Å². The number of carbonyl (C=O) groups excluding carboxylic acids is 2. The smallest absolute Gasteiger partial charge is 0.269 e. The molecule has 0 spiro atoms. The van der Waals surface area contributed by atoms with Crippen molar-refractivity contribution in [2.75, 3.05) is 10.8 Å². The molecule has 2 amide bonds. The van der Waals surface area contributed by atoms with Gasteiger partial charge in [0.1, 0.15) is 12.6 Å². The van der Waals surface area contributed by atoms with Crippen molar-refractivity contribution in [3.05, 3.63) is 99.6 Å². The summed E-state index contributed by atoms with van der Waals surface area (Å²) < 4.78 is 28.4. The molecule has 0 radical (unpaired) electrons. The SMILES string of the molecule is CCC(C(=O)NC(C)C)N(Cc1ccccc1Cl)C(=O)CN(c1ccc([N+](=O)[O-])cc1)S(=O)(=O)c1ccccc1. The number of hydrogen-bond donors (Lipinski definition) is 1. The van der Waals surface area contributed by atoms with E-state index in [2.05, 4.69) is 5.32 Å². The van der Waals surface area contributed by atoms with Gasteiger partial charge in [-0.05, 0) is 56.2 Å². The van der Waals surface area contributed by atoms with Crippen LogP contribution in [0.15, 0.2) is 83.8 Å². The van der Waals surface area contributed by atoms with E-state index in [1.54, 1.807) is 63.2 Å². The van der Waals surface area contributed by atoms with Crippen LogP contribution in [0.1, 0.15) is 32.8 Å². The van der Waals surface area contributed by atoms with Crippen LogP contribution in [0.3, 0.4) is 0 Å². The first kappa shape index (κ1) is 30.6. The van der Waals surface area contributed by atoms with E-state index < -0.39 is 33.4 Å². The standard InChI is InChI=1S/C28H31ClN4O6S/c1-4-26(28(35)30-20(2)3)31(18-21-10-8-9-13-25(21)29)27(34)19-32(22-14-16-23(17-15-22)33(36)37)40(38,39)24-11-6-5-7-12-24/h5-17,20,26H,4,18-19H2,1-3H3,(H,30,35). The number of benzene rings is 3. The van der Waals surface area contributed by atoms with Gasteiger partial charge >= 0.3 is 0 Å². The number of nitrogens with one attached hydrogen (secondary N) is 1. The molecule has 1 N–H and O–H groups in total. The molecule has 0 saturated heterocycles. The number of nitro groups is 1. The fraction of sp³-hybridized carbons (Fsp3) is 0.286. The van der Waals surface area contributed by atoms with Crippen LogP contribution in [-0.4, -0.2) is 48.7 Å². The molecule has 40 heavy (non-hydrogen) atoms. The van der Waals surface area contributed by atoms with Crippen molar-refractivity contribution in [3.8, 4) is 0 Å². The molecule has 1 atom stereocenters. The highest BCUT2D eigenvalue weighted by Crippen LogP contribution is 2.27. The Morgan fingerprint density at radius 3 is 2.12 bits per heavy atom. The topological polar surface area (TPSA) is 130 Å². The lowest BCUT2D eigenvalue weighted by atomic mass is 10.1. The average molecular weight is 587 g/mol. The van der Waals surface area contributed by atoms with Gasteiger partial charge in [-0.15, -0.1) is 0 Å². The number of halogens is 1. The molecule has 3 rings (SSSR count). The van der Waals surface area contributed by atoms with Crippen molar-refractivity contribution in [1.82, 2.24) is 10.2 Å². The van der Waals surface area contributed by atoms with Crippen molar-refractivity contribution < 1.29 is 22.9 Å². The van der Waals surface area contributed by atoms with Gasteiger partial charge in [0.15, 0.2) is 0 Å². The summed E-state index contributed by atoms with van der Waals surface area (Å²) in [6, 6.07) is 18.2. The second-order valence-corrected chi connectivity index (χ2v) is 11.6. The van der Waals surface area contributed by atoms with Crippen molar-refractivity contribution in [3.63, 3.8) is 0 Å². The molecule has 10 nitrogen and oxygen atoms in total. The van der Waals surface area contributed by atoms with Gasteiger partial charge in [0, 0.05) is 29.7 Å². The maximum Gasteiger partial charge on any atom is 0.269 e. The molecule has 3 aromatic rings. The van der Waals surface area contributed by atoms with Crippen molar-refractivity contribution in [1.29, 1.82) is 0 Å². The molecule has 0 fully saturated rings. The molecule has 0 aliphatic heterocycles. The first-order valence-corrected chi connectivity index (χ1v) is 14.4. The molecule has 0 saturated carbocycles. The van der Waals surface area contributed by atoms with Gasteiger partial charge in [0.05, 0.1) is 15.5 Å². The number of nitro benzene ring substituents is 1. The van der Waals surface area contributed by atoms with Crippen molar-refractivity contribution in [2.24, 2.45) is 0 Å². The Morgan fingerprint density at radius 2 is 1.57 bits per heavy atom. The van der Waals surface area contributed by atoms with E-state index in [0.29, 0.717) is 10.6 Å². The average Bonchev–Trinajstić information content (AvgIpc) is 2.92. The molecular formula is C28H31ClN4O6S. The van der Waals surface area contributed by atoms with E-state index in [-0.39, 0.29) is 41.2 Å². The number of amides is 2. The van der Waals surface area contributed by atoms with Crippen LogP contribution in [0.2, 0.25) is 5.02 Å². The first-order chi connectivity index (χ1) is 18.9. The Labute approximate surface area is 238 Å². The quantitative estimate of drug-likeness (QED) is 0.240. The maximum atomic E-state index is 14.0. The maximum absolute atomic E-state index is 14.0. The predicted molar refractivity (Wildman–Crippen MR) is 153 cm³/mol. The highest BCUT2D eigenvalue weighted by atomic mass is 35.5. The van der Waals surface area contributed by atoms with E-state index in [1.807, 2.05) is 0 Å². The van der Waals surface area contributed by atoms with Gasteiger partial charge in [0.25, 0.3) is 15.7 Å². The highest BCUT2D eigenvalue weighted by Gasteiger charge is 2.34. The van der Waals surface area contributed by atoms with Gasteiger partial charge in [-0.1, -0.05) is 54.9 Å². The molecule has 3 aromatic carbocycles. The Kier molecular flexibility index (Phi) is 10.2. The highest BCUT2D eigenvalue weighted by molar-refractivity contribution is 7.92. The van der Waals surface area contributed by atoms with Crippen molar-refractivity contribution >= 4 is 44.8 Å². The van der Waals surface area contributed by atoms with Crippen LogP contribution in [0.4, 0.5) is 11.4 Å². The minimum Gasteiger partial charge on any atom is -0.352 e. The number of rotatable bonds is 12. The van der Waals surface area contributed by atoms with E-state index in [4.69, 9.17) is 11.6 Å². The number of non-ortho nitro benzene ring substituents is 1. The van der Waals surface area contributed by atoms with Gasteiger partial charge in [0.2, 0.25) is 11.8 Å². The minimum atomic E-state index is -4.28. The van der Waals surface area contributed by atoms with Crippen LogP contribution in [0, 0.1) is 10.1 Å². The van der Waals surface area contributed by atoms with Crippen LogP contribution >= 0.6 is 11.6 Å². The largest absolute Gasteiger partial charge is 0.352 e. The van der Waals surface area contributed by atoms with Crippen LogP contribution < -0.4 is 9.62 Å². The first-order valence-electron chi connectivity index (χ1n) is 12.6. The van der Waals surface area contributed by atoms with E-state index in [9.17, 15) is 28.1 Å². The molecule has 0 aliphatic carbocycles. The number of sulfonamides is 1. The normalized spacial score (nSPS) is 12.0. The molecule has 212 valence electrons. The summed E-state index contributed by atoms with van der Waals surface area (Å²) in [4.78, 5) is 39.0. The zero-order valence-corrected chi connectivity index (χ0v) is 23.9. The van der Waals surface area contributed by atoms with E-state index in [1.165, 1.54) is 41.3 Å². The van der Waals surface area contributed by atoms with Gasteiger partial charge < -0.3 is 10.2 Å². The lowest BCUT2D eigenvalue weighted by Crippen LogP contribution is -2.53. The van der Waals surface area contributed by atoms with Crippen molar-refractivity contribution in [2.45, 2.75) is 50.7 Å². The molecule has 0 bridgehead atoms. The summed E-state index contributed by atoms with van der Waals surface area (Å²) in [6.07, 6.45) is 0.262. The fourth-order valence-electron chi connectivity index (χ4n) is 4.10.